The molecule has 1 heterocycles. The van der Waals surface area contributed by atoms with Gasteiger partial charge in [-0.15, -0.1) is 0 Å². The Kier molecular flexibility index (Phi) is 4.57. The number of halogens is 1. The molecule has 0 aromatic heterocycles. The molecule has 0 bridgehead atoms. The number of carbonyl (C=O) groups is 2. The summed E-state index contributed by atoms with van der Waals surface area (Å²) in [5, 5.41) is 3.54. The zero-order valence-electron chi connectivity index (χ0n) is 11.4. The molecule has 0 saturated carbocycles. The highest BCUT2D eigenvalue weighted by Crippen LogP contribution is 2.34. The van der Waals surface area contributed by atoms with Crippen molar-refractivity contribution in [3.63, 3.8) is 0 Å². The largest absolute Gasteiger partial charge is 0.313 e. The Morgan fingerprint density at radius 2 is 2.15 bits per heavy atom. The third-order valence-electron chi connectivity index (χ3n) is 3.13. The molecule has 0 unspecified atom stereocenters. The normalized spacial score (nSPS) is 13.8. The maximum atomic E-state index is 12.0. The van der Waals surface area contributed by atoms with Crippen LogP contribution in [-0.2, 0) is 4.79 Å². The summed E-state index contributed by atoms with van der Waals surface area (Å²) in [5.41, 5.74) is 1.73. The zero-order valence-corrected chi connectivity index (χ0v) is 12.2. The SMILES string of the molecule is C=C(CNCCC)CN1C(=O)C(=O)c2c(Cl)cccc21. The second kappa shape index (κ2) is 6.20. The van der Waals surface area contributed by atoms with Crippen LogP contribution in [0.3, 0.4) is 0 Å². The predicted molar refractivity (Wildman–Crippen MR) is 80.4 cm³/mol. The smallest absolute Gasteiger partial charge is 0.299 e. The van der Waals surface area contributed by atoms with Crippen LogP contribution >= 0.6 is 11.6 Å². The molecule has 1 amide bonds. The summed E-state index contributed by atoms with van der Waals surface area (Å²) in [6, 6.07) is 5.08. The summed E-state index contributed by atoms with van der Waals surface area (Å²) in [7, 11) is 0. The van der Waals surface area contributed by atoms with E-state index in [4.69, 9.17) is 11.6 Å². The average molecular weight is 293 g/mol. The van der Waals surface area contributed by atoms with Crippen LogP contribution in [0, 0.1) is 0 Å². The predicted octanol–water partition coefficient (Wildman–Crippen LogP) is 2.43. The van der Waals surface area contributed by atoms with E-state index in [1.807, 2.05) is 0 Å². The number of Topliss-reactive ketones (excluding diaryl/α,β-unsaturated/α-hetero) is 1. The van der Waals surface area contributed by atoms with Crippen molar-refractivity contribution in [1.82, 2.24) is 5.32 Å². The van der Waals surface area contributed by atoms with Gasteiger partial charge in [0.2, 0.25) is 0 Å². The molecule has 0 aliphatic carbocycles. The second-order valence-corrected chi connectivity index (χ2v) is 5.19. The molecule has 1 aromatic carbocycles. The molecule has 5 heteroatoms. The van der Waals surface area contributed by atoms with Gasteiger partial charge < -0.3 is 10.2 Å². The monoisotopic (exact) mass is 292 g/mol. The Balaban J connectivity index is 2.14. The highest BCUT2D eigenvalue weighted by molar-refractivity contribution is 6.55. The summed E-state index contributed by atoms with van der Waals surface area (Å²) in [4.78, 5) is 25.4. The molecule has 1 N–H and O–H groups in total. The van der Waals surface area contributed by atoms with E-state index in [0.717, 1.165) is 18.5 Å². The molecule has 0 saturated heterocycles. The first-order valence-corrected chi connectivity index (χ1v) is 6.96. The Bertz CT molecular complexity index is 569. The molecule has 0 spiro atoms. The van der Waals surface area contributed by atoms with E-state index in [1.54, 1.807) is 18.2 Å². The minimum atomic E-state index is -0.542. The van der Waals surface area contributed by atoms with E-state index in [1.165, 1.54) is 4.90 Å². The lowest BCUT2D eigenvalue weighted by molar-refractivity contribution is -0.114. The van der Waals surface area contributed by atoms with Gasteiger partial charge in [-0.25, -0.2) is 0 Å². The lowest BCUT2D eigenvalue weighted by Gasteiger charge is -2.18. The maximum Gasteiger partial charge on any atom is 0.299 e. The van der Waals surface area contributed by atoms with E-state index in [9.17, 15) is 9.59 Å². The van der Waals surface area contributed by atoms with E-state index in [-0.39, 0.29) is 0 Å². The molecule has 1 aliphatic heterocycles. The van der Waals surface area contributed by atoms with Crippen molar-refractivity contribution in [2.45, 2.75) is 13.3 Å². The number of nitrogens with zero attached hydrogens (tertiary/aromatic N) is 1. The summed E-state index contributed by atoms with van der Waals surface area (Å²) in [6.45, 7) is 7.88. The molecule has 1 aromatic rings. The van der Waals surface area contributed by atoms with Crippen LogP contribution < -0.4 is 10.2 Å². The van der Waals surface area contributed by atoms with Gasteiger partial charge >= 0.3 is 0 Å². The Morgan fingerprint density at radius 3 is 2.85 bits per heavy atom. The van der Waals surface area contributed by atoms with Gasteiger partial charge in [0, 0.05) is 13.1 Å². The van der Waals surface area contributed by atoms with Crippen LogP contribution in [0.25, 0.3) is 0 Å². The van der Waals surface area contributed by atoms with Crippen LogP contribution in [0.5, 0.6) is 0 Å². The van der Waals surface area contributed by atoms with E-state index < -0.39 is 11.7 Å². The van der Waals surface area contributed by atoms with Gasteiger partial charge in [-0.3, -0.25) is 9.59 Å². The Hall–Kier alpha value is -1.65. The molecule has 0 atom stereocenters. The molecular formula is C15H17ClN2O2. The van der Waals surface area contributed by atoms with Gasteiger partial charge in [-0.2, -0.15) is 0 Å². The summed E-state index contributed by atoms with van der Waals surface area (Å²) < 4.78 is 0. The number of hydrogen-bond acceptors (Lipinski definition) is 3. The summed E-state index contributed by atoms with van der Waals surface area (Å²) >= 11 is 6.00. The van der Waals surface area contributed by atoms with E-state index in [0.29, 0.717) is 29.4 Å². The van der Waals surface area contributed by atoms with Crippen LogP contribution in [0.2, 0.25) is 5.02 Å². The van der Waals surface area contributed by atoms with Crippen molar-refractivity contribution in [3.05, 3.63) is 40.9 Å². The number of fused-ring (bicyclic) bond motifs is 1. The fourth-order valence-corrected chi connectivity index (χ4v) is 2.44. The Labute approximate surface area is 123 Å². The highest BCUT2D eigenvalue weighted by Gasteiger charge is 2.37. The van der Waals surface area contributed by atoms with Crippen LogP contribution in [-0.4, -0.2) is 31.3 Å². The van der Waals surface area contributed by atoms with Crippen molar-refractivity contribution >= 4 is 29.0 Å². The fraction of sp³-hybridized carbons (Fsp3) is 0.333. The quantitative estimate of drug-likeness (QED) is 0.498. The van der Waals surface area contributed by atoms with Crippen LogP contribution in [0.1, 0.15) is 23.7 Å². The van der Waals surface area contributed by atoms with Crippen LogP contribution in [0.15, 0.2) is 30.4 Å². The molecule has 106 valence electrons. The van der Waals surface area contributed by atoms with Crippen LogP contribution in [0.4, 0.5) is 5.69 Å². The summed E-state index contributed by atoms with van der Waals surface area (Å²) in [6.07, 6.45) is 1.03. The van der Waals surface area contributed by atoms with Crippen molar-refractivity contribution in [3.8, 4) is 0 Å². The standard InChI is InChI=1S/C15H17ClN2O2/c1-3-7-17-8-10(2)9-18-12-6-4-5-11(16)13(12)14(19)15(18)20/h4-6,17H,2-3,7-9H2,1H3. The van der Waals surface area contributed by atoms with Crippen molar-refractivity contribution in [2.24, 2.45) is 0 Å². The first-order valence-electron chi connectivity index (χ1n) is 6.58. The third kappa shape index (κ3) is 2.76. The van der Waals surface area contributed by atoms with Gasteiger partial charge in [0.05, 0.1) is 16.3 Å². The second-order valence-electron chi connectivity index (χ2n) is 4.78. The number of hydrogen-bond donors (Lipinski definition) is 1. The highest BCUT2D eigenvalue weighted by atomic mass is 35.5. The van der Waals surface area contributed by atoms with Gasteiger partial charge in [0.15, 0.2) is 0 Å². The molecule has 2 rings (SSSR count). The number of benzene rings is 1. The minimum Gasteiger partial charge on any atom is -0.313 e. The van der Waals surface area contributed by atoms with Crippen molar-refractivity contribution < 1.29 is 9.59 Å². The molecule has 0 radical (unpaired) electrons. The number of anilines is 1. The van der Waals surface area contributed by atoms with Crippen molar-refractivity contribution in [2.75, 3.05) is 24.5 Å². The number of rotatable bonds is 6. The number of carbonyl (C=O) groups excluding carboxylic acids is 2. The van der Waals surface area contributed by atoms with Gasteiger partial charge in [0.25, 0.3) is 11.7 Å². The summed E-state index contributed by atoms with van der Waals surface area (Å²) in [5.74, 6) is -1.08. The first kappa shape index (κ1) is 14.8. The van der Waals surface area contributed by atoms with Gasteiger partial charge in [0.1, 0.15) is 0 Å². The number of nitrogens with one attached hydrogen (secondary N) is 1. The average Bonchev–Trinajstić information content (AvgIpc) is 2.65. The molecule has 20 heavy (non-hydrogen) atoms. The lowest BCUT2D eigenvalue weighted by atomic mass is 10.1. The third-order valence-corrected chi connectivity index (χ3v) is 3.45. The van der Waals surface area contributed by atoms with Gasteiger partial charge in [-0.1, -0.05) is 31.2 Å². The number of amides is 1. The molecular weight excluding hydrogens is 276 g/mol. The lowest BCUT2D eigenvalue weighted by Crippen LogP contribution is -2.33. The molecule has 4 nitrogen and oxygen atoms in total. The fourth-order valence-electron chi connectivity index (χ4n) is 2.18. The minimum absolute atomic E-state index is 0.300. The first-order chi connectivity index (χ1) is 9.56. The van der Waals surface area contributed by atoms with E-state index in [2.05, 4.69) is 18.8 Å². The topological polar surface area (TPSA) is 49.4 Å². The van der Waals surface area contributed by atoms with E-state index >= 15 is 0 Å². The molecule has 1 aliphatic rings. The van der Waals surface area contributed by atoms with Crippen molar-refractivity contribution in [1.29, 1.82) is 0 Å². The molecule has 0 fully saturated rings. The zero-order chi connectivity index (χ0) is 14.7. The number of ketones is 1. The maximum absolute atomic E-state index is 12.0. The van der Waals surface area contributed by atoms with Gasteiger partial charge in [-0.05, 0) is 30.7 Å². The Morgan fingerprint density at radius 1 is 1.40 bits per heavy atom.